The molecular formula is C16H26N2O4S. The Labute approximate surface area is 140 Å². The molecule has 1 aliphatic rings. The van der Waals surface area contributed by atoms with Crippen LogP contribution >= 0.6 is 0 Å². The molecule has 1 unspecified atom stereocenters. The highest BCUT2D eigenvalue weighted by Gasteiger charge is 2.45. The number of carbonyl (C=O) groups is 1. The van der Waals surface area contributed by atoms with E-state index in [0.717, 1.165) is 18.5 Å². The first-order valence-electron chi connectivity index (χ1n) is 7.89. The van der Waals surface area contributed by atoms with Crippen LogP contribution in [0.3, 0.4) is 0 Å². The van der Waals surface area contributed by atoms with E-state index in [0.29, 0.717) is 13.2 Å². The first kappa shape index (κ1) is 18.3. The molecule has 0 aromatic carbocycles. The van der Waals surface area contributed by atoms with Crippen molar-refractivity contribution in [2.24, 2.45) is 0 Å². The Balaban J connectivity index is 2.04. The first-order chi connectivity index (χ1) is 10.6. The van der Waals surface area contributed by atoms with Crippen molar-refractivity contribution < 1.29 is 18.6 Å². The maximum atomic E-state index is 12.8. The summed E-state index contributed by atoms with van der Waals surface area (Å²) in [6.07, 6.45) is 1.44. The zero-order chi connectivity index (χ0) is 17.3. The maximum absolute atomic E-state index is 12.8. The summed E-state index contributed by atoms with van der Waals surface area (Å²) in [7, 11) is 0. The molecule has 1 N–H and O–H groups in total. The van der Waals surface area contributed by atoms with E-state index >= 15 is 0 Å². The van der Waals surface area contributed by atoms with Crippen LogP contribution in [0, 0.1) is 0 Å². The minimum atomic E-state index is -1.28. The largest absolute Gasteiger partial charge is 0.615 e. The van der Waals surface area contributed by atoms with Gasteiger partial charge in [0.2, 0.25) is 5.88 Å². The van der Waals surface area contributed by atoms with Gasteiger partial charge >= 0.3 is 0 Å². The molecule has 6 nitrogen and oxygen atoms in total. The van der Waals surface area contributed by atoms with Crippen LogP contribution in [0.1, 0.15) is 53.2 Å². The van der Waals surface area contributed by atoms with Crippen molar-refractivity contribution in [3.63, 3.8) is 0 Å². The van der Waals surface area contributed by atoms with Crippen molar-refractivity contribution in [2.75, 3.05) is 18.5 Å². The molecule has 0 saturated carbocycles. The van der Waals surface area contributed by atoms with Gasteiger partial charge in [0.05, 0.1) is 18.9 Å². The number of nitrogens with one attached hydrogen (secondary N) is 1. The van der Waals surface area contributed by atoms with Crippen molar-refractivity contribution >= 4 is 23.0 Å². The summed E-state index contributed by atoms with van der Waals surface area (Å²) in [5, 5.41) is 6.67. The number of carbonyl (C=O) groups excluding carboxylic acids is 1. The fourth-order valence-electron chi connectivity index (χ4n) is 2.35. The summed E-state index contributed by atoms with van der Waals surface area (Å²) >= 11 is -1.28. The number of aromatic nitrogens is 1. The highest BCUT2D eigenvalue weighted by Crippen LogP contribution is 2.29. The Morgan fingerprint density at radius 3 is 2.43 bits per heavy atom. The predicted molar refractivity (Wildman–Crippen MR) is 89.9 cm³/mol. The van der Waals surface area contributed by atoms with Gasteiger partial charge in [-0.1, -0.05) is 25.9 Å². The zero-order valence-electron chi connectivity index (χ0n) is 14.5. The van der Waals surface area contributed by atoms with E-state index in [1.54, 1.807) is 19.9 Å². The second-order valence-electron chi connectivity index (χ2n) is 7.40. The summed E-state index contributed by atoms with van der Waals surface area (Å²) in [5.74, 6) is -0.0316. The van der Waals surface area contributed by atoms with E-state index in [1.807, 2.05) is 20.8 Å². The molecule has 0 spiro atoms. The third-order valence-electron chi connectivity index (χ3n) is 4.04. The number of hydrogen-bond donors (Lipinski definition) is 1. The molecule has 7 heteroatoms. The molecule has 1 aromatic rings. The van der Waals surface area contributed by atoms with Gasteiger partial charge < -0.3 is 13.8 Å². The quantitative estimate of drug-likeness (QED) is 0.850. The summed E-state index contributed by atoms with van der Waals surface area (Å²) in [6, 6.07) is 1.71. The van der Waals surface area contributed by atoms with Gasteiger partial charge in [0.15, 0.2) is 4.75 Å². The number of anilines is 1. The Kier molecular flexibility index (Phi) is 5.43. The number of amides is 1. The summed E-state index contributed by atoms with van der Waals surface area (Å²) in [6.45, 7) is 10.7. The van der Waals surface area contributed by atoms with Crippen LogP contribution in [-0.4, -0.2) is 38.8 Å². The van der Waals surface area contributed by atoms with Crippen molar-refractivity contribution in [3.8, 4) is 0 Å². The third-order valence-corrected chi connectivity index (χ3v) is 6.30. The third kappa shape index (κ3) is 4.28. The maximum Gasteiger partial charge on any atom is 0.282 e. The summed E-state index contributed by atoms with van der Waals surface area (Å²) in [5.41, 5.74) is 0.601. The van der Waals surface area contributed by atoms with Crippen molar-refractivity contribution in [2.45, 2.75) is 62.9 Å². The topological polar surface area (TPSA) is 87.4 Å². The Morgan fingerprint density at radius 2 is 1.91 bits per heavy atom. The van der Waals surface area contributed by atoms with Crippen LogP contribution < -0.4 is 5.32 Å². The molecular weight excluding hydrogens is 316 g/mol. The van der Waals surface area contributed by atoms with E-state index in [-0.39, 0.29) is 22.5 Å². The highest BCUT2D eigenvalue weighted by molar-refractivity contribution is 7.94. The summed E-state index contributed by atoms with van der Waals surface area (Å²) < 4.78 is 22.2. The number of nitrogens with zero attached hydrogens (tertiary/aromatic N) is 1. The van der Waals surface area contributed by atoms with Crippen LogP contribution in [-0.2, 0) is 26.1 Å². The lowest BCUT2D eigenvalue weighted by Crippen LogP contribution is -2.50. The van der Waals surface area contributed by atoms with E-state index in [2.05, 4.69) is 10.5 Å². The molecule has 130 valence electrons. The standard InChI is InChI=1S/C16H26N2O4S/c1-15(2,3)12-10-13(22-18-12)17-14(19)16(4,5)23(20)11-6-8-21-9-7-11/h10-11H,6-9H2,1-5H3,(H,17,19). The molecule has 0 bridgehead atoms. The second kappa shape index (κ2) is 6.83. The minimum absolute atomic E-state index is 0.00985. The van der Waals surface area contributed by atoms with Crippen molar-refractivity contribution in [1.82, 2.24) is 5.16 Å². The monoisotopic (exact) mass is 342 g/mol. The molecule has 1 atom stereocenters. The Hall–Kier alpha value is -1.05. The zero-order valence-corrected chi connectivity index (χ0v) is 15.3. The number of ether oxygens (including phenoxy) is 1. The average Bonchev–Trinajstić information content (AvgIpc) is 2.96. The van der Waals surface area contributed by atoms with Gasteiger partial charge in [0, 0.05) is 24.3 Å². The van der Waals surface area contributed by atoms with Crippen molar-refractivity contribution in [3.05, 3.63) is 11.8 Å². The van der Waals surface area contributed by atoms with Crippen LogP contribution in [0.4, 0.5) is 5.88 Å². The van der Waals surface area contributed by atoms with Crippen molar-refractivity contribution in [1.29, 1.82) is 0 Å². The SMILES string of the molecule is CC(C)(C)c1cc(NC(=O)C(C)(C)[S+]([O-])C2CCOCC2)on1. The lowest BCUT2D eigenvalue weighted by atomic mass is 9.92. The fourth-order valence-corrected chi connectivity index (χ4v) is 4.04. The van der Waals surface area contributed by atoms with Gasteiger partial charge in [-0.15, -0.1) is 0 Å². The van der Waals surface area contributed by atoms with Gasteiger partial charge in [0.25, 0.3) is 5.91 Å². The normalized spacial score (nSPS) is 18.7. The molecule has 0 aliphatic carbocycles. The van der Waals surface area contributed by atoms with E-state index < -0.39 is 15.9 Å². The smallest absolute Gasteiger partial charge is 0.282 e. The molecule has 0 radical (unpaired) electrons. The fraction of sp³-hybridized carbons (Fsp3) is 0.750. The van der Waals surface area contributed by atoms with E-state index in [1.165, 1.54) is 0 Å². The molecule has 1 amide bonds. The van der Waals surface area contributed by atoms with Crippen LogP contribution in [0.25, 0.3) is 0 Å². The van der Waals surface area contributed by atoms with E-state index in [9.17, 15) is 9.35 Å². The van der Waals surface area contributed by atoms with Gasteiger partial charge in [-0.2, -0.15) is 0 Å². The molecule has 2 rings (SSSR count). The molecule has 23 heavy (non-hydrogen) atoms. The molecule has 1 saturated heterocycles. The van der Waals surface area contributed by atoms with Gasteiger partial charge in [-0.3, -0.25) is 10.1 Å². The van der Waals surface area contributed by atoms with Gasteiger partial charge in [0.1, 0.15) is 5.25 Å². The molecule has 1 aromatic heterocycles. The highest BCUT2D eigenvalue weighted by atomic mass is 32.2. The van der Waals surface area contributed by atoms with Crippen LogP contribution in [0.2, 0.25) is 0 Å². The van der Waals surface area contributed by atoms with Crippen LogP contribution in [0.5, 0.6) is 0 Å². The Morgan fingerprint density at radius 1 is 1.30 bits per heavy atom. The minimum Gasteiger partial charge on any atom is -0.615 e. The van der Waals surface area contributed by atoms with E-state index in [4.69, 9.17) is 9.26 Å². The van der Waals surface area contributed by atoms with Gasteiger partial charge in [-0.05, 0) is 25.0 Å². The molecule has 1 fully saturated rings. The lowest BCUT2D eigenvalue weighted by Gasteiger charge is -2.34. The molecule has 2 heterocycles. The van der Waals surface area contributed by atoms with Crippen LogP contribution in [0.15, 0.2) is 10.6 Å². The average molecular weight is 342 g/mol. The van der Waals surface area contributed by atoms with Gasteiger partial charge in [-0.25, -0.2) is 0 Å². The predicted octanol–water partition coefficient (Wildman–Crippen LogP) is 2.62. The second-order valence-corrected chi connectivity index (χ2v) is 9.68. The number of hydrogen-bond acceptors (Lipinski definition) is 5. The Bertz CT molecular complexity index is 545. The summed E-state index contributed by atoms with van der Waals surface area (Å²) in [4.78, 5) is 12.6. The number of rotatable bonds is 4. The first-order valence-corrected chi connectivity index (χ1v) is 9.11. The molecule has 1 aliphatic heterocycles. The lowest BCUT2D eigenvalue weighted by molar-refractivity contribution is -0.118.